The van der Waals surface area contributed by atoms with Gasteiger partial charge in [-0.25, -0.2) is 0 Å². The van der Waals surface area contributed by atoms with Crippen molar-refractivity contribution in [2.75, 3.05) is 0 Å². The van der Waals surface area contributed by atoms with Gasteiger partial charge in [-0.05, 0) is 30.8 Å². The number of nitrogens with one attached hydrogen (secondary N) is 1. The monoisotopic (exact) mass is 288 g/mol. The summed E-state index contributed by atoms with van der Waals surface area (Å²) in [6.07, 6.45) is 3.70. The molecule has 0 aromatic rings. The molecule has 0 aromatic carbocycles. The maximum atomic E-state index is 12.8. The van der Waals surface area contributed by atoms with E-state index in [2.05, 4.69) is 38.2 Å². The van der Waals surface area contributed by atoms with Crippen molar-refractivity contribution in [1.82, 2.24) is 5.43 Å². The maximum absolute atomic E-state index is 12.8. The van der Waals surface area contributed by atoms with Gasteiger partial charge in [-0.2, -0.15) is 5.10 Å². The van der Waals surface area contributed by atoms with Crippen LogP contribution >= 0.6 is 0 Å². The highest BCUT2D eigenvalue weighted by atomic mass is 16.5. The number of hydrogen-bond donors (Lipinski definition) is 1. The van der Waals surface area contributed by atoms with Crippen LogP contribution in [0.5, 0.6) is 0 Å². The minimum atomic E-state index is -0.418. The van der Waals surface area contributed by atoms with Gasteiger partial charge in [-0.3, -0.25) is 0 Å². The fraction of sp³-hybridized carbons (Fsp3) is 0.938. The first kappa shape index (κ1) is 12.4. The van der Waals surface area contributed by atoms with Crippen LogP contribution in [0.2, 0.25) is 0 Å². The maximum Gasteiger partial charge on any atom is 0.209 e. The zero-order chi connectivity index (χ0) is 14.8. The molecule has 3 fully saturated rings. The molecule has 3 saturated carbocycles. The van der Waals surface area contributed by atoms with Gasteiger partial charge in [0.1, 0.15) is 6.04 Å². The van der Waals surface area contributed by atoms with Crippen molar-refractivity contribution < 1.29 is 4.86 Å². The molecule has 5 rings (SSSR count). The summed E-state index contributed by atoms with van der Waals surface area (Å²) in [6, 6.07) is 0.213. The third-order valence-electron chi connectivity index (χ3n) is 8.32. The fourth-order valence-electron chi connectivity index (χ4n) is 6.59. The topological polar surface area (TPSA) is 62.8 Å². The van der Waals surface area contributed by atoms with Gasteiger partial charge < -0.3 is 10.6 Å². The molecule has 5 heteroatoms. The summed E-state index contributed by atoms with van der Waals surface area (Å²) >= 11 is 0. The number of rotatable bonds is 0. The van der Waals surface area contributed by atoms with Gasteiger partial charge >= 0.3 is 0 Å². The van der Waals surface area contributed by atoms with E-state index in [1.807, 2.05) is 0 Å². The van der Waals surface area contributed by atoms with Crippen LogP contribution < -0.4 is 5.43 Å². The second kappa shape index (κ2) is 3.13. The van der Waals surface area contributed by atoms with E-state index in [0.29, 0.717) is 23.7 Å². The molecule has 0 bridgehead atoms. The highest BCUT2D eigenvalue weighted by Crippen LogP contribution is 2.69. The van der Waals surface area contributed by atoms with Crippen LogP contribution in [-0.2, 0) is 0 Å². The molecule has 7 atom stereocenters. The van der Waals surface area contributed by atoms with Crippen molar-refractivity contribution in [1.29, 1.82) is 0 Å². The van der Waals surface area contributed by atoms with Crippen LogP contribution in [-0.4, -0.2) is 27.7 Å². The largest absolute Gasteiger partial charge is 0.599 e. The molecule has 0 aromatic heterocycles. The summed E-state index contributed by atoms with van der Waals surface area (Å²) in [4.78, 5) is 1.09. The summed E-state index contributed by atoms with van der Waals surface area (Å²) < 4.78 is 0. The van der Waals surface area contributed by atoms with Crippen LogP contribution in [0.15, 0.2) is 10.2 Å². The van der Waals surface area contributed by atoms with Crippen molar-refractivity contribution >= 4 is 5.71 Å². The lowest BCUT2D eigenvalue weighted by Crippen LogP contribution is -2.58. The van der Waals surface area contributed by atoms with Gasteiger partial charge in [0.25, 0.3) is 0 Å². The van der Waals surface area contributed by atoms with Gasteiger partial charge in [0, 0.05) is 24.5 Å². The number of nitrogens with zero attached hydrogens (tertiary/aromatic N) is 3. The molecule has 0 unspecified atom stereocenters. The van der Waals surface area contributed by atoms with Gasteiger partial charge in [-0.1, -0.05) is 25.1 Å². The summed E-state index contributed by atoms with van der Waals surface area (Å²) in [5.41, 5.74) is 4.14. The summed E-state index contributed by atoms with van der Waals surface area (Å²) in [7, 11) is 0. The summed E-state index contributed by atoms with van der Waals surface area (Å²) in [5, 5.41) is 22.3. The molecule has 1 N–H and O–H groups in total. The first-order valence-electron chi connectivity index (χ1n) is 8.37. The Morgan fingerprint density at radius 1 is 1.24 bits per heavy atom. The van der Waals surface area contributed by atoms with Crippen molar-refractivity contribution in [3.05, 3.63) is 5.21 Å². The third kappa shape index (κ3) is 0.958. The number of hydrazone groups is 1. The Kier molecular flexibility index (Phi) is 1.85. The van der Waals surface area contributed by atoms with E-state index in [1.54, 1.807) is 0 Å². The SMILES string of the molecule is CC1(C)[C@]2(C)NN=C3[C@@H]2[C@@H]2[C@@H](N=[N+]([O-])[C@@]21C)[C@H]1CCC[C@@H]31. The molecule has 2 aliphatic heterocycles. The van der Waals surface area contributed by atoms with Crippen molar-refractivity contribution in [2.24, 2.45) is 39.3 Å². The van der Waals surface area contributed by atoms with E-state index in [4.69, 9.17) is 5.10 Å². The second-order valence-corrected chi connectivity index (χ2v) is 8.71. The molecule has 0 spiro atoms. The Bertz CT molecular complexity index is 611. The van der Waals surface area contributed by atoms with Gasteiger partial charge in [0.15, 0.2) is 0 Å². The zero-order valence-electron chi connectivity index (χ0n) is 13.3. The van der Waals surface area contributed by atoms with E-state index < -0.39 is 5.54 Å². The van der Waals surface area contributed by atoms with Crippen molar-refractivity contribution in [3.8, 4) is 0 Å². The molecular formula is C16H24N4O. The minimum absolute atomic E-state index is 0.119. The molecule has 5 aliphatic rings. The Hall–Kier alpha value is -1.13. The lowest BCUT2D eigenvalue weighted by Gasteiger charge is -2.42. The molecule has 5 nitrogen and oxygen atoms in total. The van der Waals surface area contributed by atoms with Crippen LogP contribution in [0.25, 0.3) is 0 Å². The van der Waals surface area contributed by atoms with E-state index in [-0.39, 0.29) is 17.0 Å². The van der Waals surface area contributed by atoms with Gasteiger partial charge in [0.2, 0.25) is 5.54 Å². The average Bonchev–Trinajstić information content (AvgIpc) is 3.10. The highest BCUT2D eigenvalue weighted by molar-refractivity contribution is 5.94. The van der Waals surface area contributed by atoms with Crippen molar-refractivity contribution in [3.63, 3.8) is 0 Å². The van der Waals surface area contributed by atoms with Gasteiger partial charge in [-0.15, -0.1) is 0 Å². The van der Waals surface area contributed by atoms with Crippen LogP contribution in [0.4, 0.5) is 0 Å². The normalized spacial score (nSPS) is 58.4. The lowest BCUT2D eigenvalue weighted by atomic mass is 9.62. The Morgan fingerprint density at radius 2 is 2.00 bits per heavy atom. The summed E-state index contributed by atoms with van der Waals surface area (Å²) in [5.74, 6) is 1.80. The first-order chi connectivity index (χ1) is 9.84. The number of hydrogen-bond acceptors (Lipinski definition) is 4. The smallest absolute Gasteiger partial charge is 0.209 e. The Balaban J connectivity index is 1.79. The molecule has 0 saturated heterocycles. The van der Waals surface area contributed by atoms with Gasteiger partial charge in [0.05, 0.1) is 16.9 Å². The van der Waals surface area contributed by atoms with Crippen LogP contribution in [0.3, 0.4) is 0 Å². The standard InChI is InChI=1S/C16H24N4O/c1-14(2)15(3)10-11-13(18-20(21)16(11,14)4)9-7-5-6-8(9)12(10)17-19-15/h8-11,13,19H,5-7H2,1-4H3/t8-,9+,10+,11-,13+,15-,16+/m1/s1. The fourth-order valence-corrected chi connectivity index (χ4v) is 6.59. The predicted molar refractivity (Wildman–Crippen MR) is 78.8 cm³/mol. The third-order valence-corrected chi connectivity index (χ3v) is 8.32. The lowest BCUT2D eigenvalue weighted by molar-refractivity contribution is -0.613. The quantitative estimate of drug-likeness (QED) is 0.550. The summed E-state index contributed by atoms with van der Waals surface area (Å²) in [6.45, 7) is 8.88. The molecule has 114 valence electrons. The molecule has 2 heterocycles. The number of azo groups is 1. The zero-order valence-corrected chi connectivity index (χ0v) is 13.3. The van der Waals surface area contributed by atoms with Crippen molar-refractivity contribution in [2.45, 2.75) is 64.1 Å². The molecule has 0 radical (unpaired) electrons. The second-order valence-electron chi connectivity index (χ2n) is 8.71. The van der Waals surface area contributed by atoms with E-state index in [0.717, 1.165) is 4.86 Å². The Labute approximate surface area is 125 Å². The predicted octanol–water partition coefficient (Wildman–Crippen LogP) is 2.51. The number of hydroxylamine groups is 1. The molecular weight excluding hydrogens is 264 g/mol. The minimum Gasteiger partial charge on any atom is -0.599 e. The average molecular weight is 288 g/mol. The van der Waals surface area contributed by atoms with E-state index in [9.17, 15) is 5.21 Å². The Morgan fingerprint density at radius 3 is 2.76 bits per heavy atom. The highest BCUT2D eigenvalue weighted by Gasteiger charge is 2.83. The first-order valence-corrected chi connectivity index (χ1v) is 8.37. The van der Waals surface area contributed by atoms with E-state index >= 15 is 0 Å². The molecule has 3 aliphatic carbocycles. The molecule has 21 heavy (non-hydrogen) atoms. The van der Waals surface area contributed by atoms with Crippen LogP contribution in [0, 0.1) is 34.3 Å². The van der Waals surface area contributed by atoms with Crippen LogP contribution in [0.1, 0.15) is 47.0 Å². The molecule has 0 amide bonds. The number of fused-ring (bicyclic) bond motifs is 3. The van der Waals surface area contributed by atoms with E-state index in [1.165, 1.54) is 25.0 Å².